The summed E-state index contributed by atoms with van der Waals surface area (Å²) in [6.45, 7) is -2.98. The van der Waals surface area contributed by atoms with Crippen molar-refractivity contribution in [3.63, 3.8) is 0 Å². The second-order valence-electron chi connectivity index (χ2n) is 2.59. The van der Waals surface area contributed by atoms with E-state index in [9.17, 15) is 13.9 Å². The van der Waals surface area contributed by atoms with E-state index in [2.05, 4.69) is 14.7 Å². The van der Waals surface area contributed by atoms with Crippen molar-refractivity contribution >= 4 is 11.0 Å². The number of hydrogen-bond donors (Lipinski definition) is 2. The zero-order valence-corrected chi connectivity index (χ0v) is 6.87. The number of H-pyrrole nitrogens is 1. The van der Waals surface area contributed by atoms with Gasteiger partial charge in [0.05, 0.1) is 11.8 Å². The lowest BCUT2D eigenvalue weighted by Crippen LogP contribution is -2.02. The summed E-state index contributed by atoms with van der Waals surface area (Å²) >= 11 is 0. The summed E-state index contributed by atoms with van der Waals surface area (Å²) in [5.41, 5.74) is 0.712. The standard InChI is InChI=1S/C8H6F2N2O2/c9-8(10)14-7-5(13)2-1-4-6(7)12-3-11-4/h1-3,8,13H,(H,11,12). The maximum Gasteiger partial charge on any atom is 0.387 e. The van der Waals surface area contributed by atoms with Gasteiger partial charge in [-0.25, -0.2) is 4.98 Å². The lowest BCUT2D eigenvalue weighted by Gasteiger charge is -2.06. The minimum absolute atomic E-state index is 0.185. The van der Waals surface area contributed by atoms with Gasteiger partial charge in [0, 0.05) is 0 Å². The van der Waals surface area contributed by atoms with Crippen molar-refractivity contribution in [1.82, 2.24) is 9.97 Å². The third kappa shape index (κ3) is 1.34. The number of alkyl halides is 2. The number of halogens is 2. The topological polar surface area (TPSA) is 58.1 Å². The number of imidazole rings is 1. The minimum atomic E-state index is -2.98. The fourth-order valence-electron chi connectivity index (χ4n) is 1.18. The molecule has 1 aromatic heterocycles. The van der Waals surface area contributed by atoms with Crippen molar-refractivity contribution in [1.29, 1.82) is 0 Å². The van der Waals surface area contributed by atoms with Crippen molar-refractivity contribution in [3.05, 3.63) is 18.5 Å². The molecule has 0 saturated heterocycles. The van der Waals surface area contributed by atoms with Gasteiger partial charge in [-0.05, 0) is 12.1 Å². The highest BCUT2D eigenvalue weighted by molar-refractivity contribution is 5.84. The van der Waals surface area contributed by atoms with Gasteiger partial charge in [-0.3, -0.25) is 0 Å². The van der Waals surface area contributed by atoms with Crippen molar-refractivity contribution in [2.75, 3.05) is 0 Å². The van der Waals surface area contributed by atoms with Gasteiger partial charge in [-0.15, -0.1) is 0 Å². The molecular weight excluding hydrogens is 194 g/mol. The number of fused-ring (bicyclic) bond motifs is 1. The van der Waals surface area contributed by atoms with E-state index in [4.69, 9.17) is 0 Å². The molecular formula is C8H6F2N2O2. The van der Waals surface area contributed by atoms with Crippen LogP contribution in [0.4, 0.5) is 8.78 Å². The van der Waals surface area contributed by atoms with E-state index in [1.165, 1.54) is 18.5 Å². The molecule has 6 heteroatoms. The van der Waals surface area contributed by atoms with Crippen LogP contribution < -0.4 is 4.74 Å². The SMILES string of the molecule is Oc1ccc2[nH]cnc2c1OC(F)F. The van der Waals surface area contributed by atoms with Crippen molar-refractivity contribution in [2.24, 2.45) is 0 Å². The summed E-state index contributed by atoms with van der Waals surface area (Å²) in [7, 11) is 0. The molecule has 0 amide bonds. The van der Waals surface area contributed by atoms with E-state index in [-0.39, 0.29) is 17.0 Å². The number of ether oxygens (including phenoxy) is 1. The molecule has 2 aromatic rings. The average molecular weight is 200 g/mol. The van der Waals surface area contributed by atoms with E-state index >= 15 is 0 Å². The molecule has 0 fully saturated rings. The van der Waals surface area contributed by atoms with Gasteiger partial charge in [0.2, 0.25) is 0 Å². The smallest absolute Gasteiger partial charge is 0.387 e. The van der Waals surface area contributed by atoms with Crippen LogP contribution in [-0.2, 0) is 0 Å². The normalized spacial score (nSPS) is 11.1. The predicted octanol–water partition coefficient (Wildman–Crippen LogP) is 1.87. The lowest BCUT2D eigenvalue weighted by atomic mass is 10.3. The number of phenols is 1. The van der Waals surface area contributed by atoms with Crippen LogP contribution in [-0.4, -0.2) is 21.7 Å². The van der Waals surface area contributed by atoms with Crippen molar-refractivity contribution in [2.45, 2.75) is 6.61 Å². The fourth-order valence-corrected chi connectivity index (χ4v) is 1.18. The van der Waals surface area contributed by atoms with Crippen LogP contribution in [0.3, 0.4) is 0 Å². The van der Waals surface area contributed by atoms with Crippen LogP contribution in [0.1, 0.15) is 0 Å². The van der Waals surface area contributed by atoms with Gasteiger partial charge in [0.25, 0.3) is 0 Å². The summed E-state index contributed by atoms with van der Waals surface area (Å²) in [4.78, 5) is 6.47. The summed E-state index contributed by atoms with van der Waals surface area (Å²) < 4.78 is 28.1. The Hall–Kier alpha value is -1.85. The van der Waals surface area contributed by atoms with Gasteiger partial charge in [0.1, 0.15) is 5.52 Å². The monoisotopic (exact) mass is 200 g/mol. The number of aromatic hydroxyl groups is 1. The third-order valence-corrected chi connectivity index (χ3v) is 1.73. The highest BCUT2D eigenvalue weighted by Crippen LogP contribution is 2.33. The average Bonchev–Trinajstić information content (AvgIpc) is 2.57. The number of nitrogens with one attached hydrogen (secondary N) is 1. The van der Waals surface area contributed by atoms with Crippen LogP contribution in [0, 0.1) is 0 Å². The first-order chi connectivity index (χ1) is 6.68. The van der Waals surface area contributed by atoms with Gasteiger partial charge >= 0.3 is 6.61 Å². The predicted molar refractivity (Wildman–Crippen MR) is 44.4 cm³/mol. The molecule has 4 nitrogen and oxygen atoms in total. The molecule has 1 aromatic carbocycles. The summed E-state index contributed by atoms with van der Waals surface area (Å²) in [5, 5.41) is 9.26. The number of aromatic nitrogens is 2. The Morgan fingerprint density at radius 2 is 2.21 bits per heavy atom. The minimum Gasteiger partial charge on any atom is -0.504 e. The van der Waals surface area contributed by atoms with E-state index in [1.807, 2.05) is 0 Å². The van der Waals surface area contributed by atoms with E-state index in [0.717, 1.165) is 0 Å². The van der Waals surface area contributed by atoms with E-state index in [1.54, 1.807) is 0 Å². The maximum absolute atomic E-state index is 12.0. The highest BCUT2D eigenvalue weighted by atomic mass is 19.3. The number of aromatic amines is 1. The Bertz CT molecular complexity index is 456. The zero-order valence-electron chi connectivity index (χ0n) is 6.87. The Morgan fingerprint density at radius 1 is 1.43 bits per heavy atom. The van der Waals surface area contributed by atoms with Crippen LogP contribution in [0.25, 0.3) is 11.0 Å². The first kappa shape index (κ1) is 8.74. The first-order valence-corrected chi connectivity index (χ1v) is 3.78. The molecule has 1 heterocycles. The van der Waals surface area contributed by atoms with E-state index < -0.39 is 6.61 Å². The molecule has 0 atom stereocenters. The van der Waals surface area contributed by atoms with Crippen molar-refractivity contribution < 1.29 is 18.6 Å². The number of phenolic OH excluding ortho intramolecular Hbond substituents is 1. The van der Waals surface area contributed by atoms with Crippen LogP contribution in [0.5, 0.6) is 11.5 Å². The largest absolute Gasteiger partial charge is 0.504 e. The summed E-state index contributed by atoms with van der Waals surface area (Å²) in [6, 6.07) is 2.79. The molecule has 0 aliphatic heterocycles. The quantitative estimate of drug-likeness (QED) is 0.777. The third-order valence-electron chi connectivity index (χ3n) is 1.73. The van der Waals surface area contributed by atoms with Gasteiger partial charge in [-0.2, -0.15) is 8.78 Å². The van der Waals surface area contributed by atoms with Crippen LogP contribution in [0.15, 0.2) is 18.5 Å². The number of nitrogens with zero attached hydrogens (tertiary/aromatic N) is 1. The fraction of sp³-hybridized carbons (Fsp3) is 0.125. The summed E-state index contributed by atoms with van der Waals surface area (Å²) in [5.74, 6) is -0.663. The Labute approximate surface area is 77.1 Å². The molecule has 0 aliphatic rings. The molecule has 14 heavy (non-hydrogen) atoms. The number of rotatable bonds is 2. The number of hydrogen-bond acceptors (Lipinski definition) is 3. The van der Waals surface area contributed by atoms with Crippen LogP contribution >= 0.6 is 0 Å². The van der Waals surface area contributed by atoms with Crippen molar-refractivity contribution in [3.8, 4) is 11.5 Å². The Balaban J connectivity index is 2.58. The van der Waals surface area contributed by atoms with Gasteiger partial charge in [-0.1, -0.05) is 0 Å². The second-order valence-corrected chi connectivity index (χ2v) is 2.59. The molecule has 2 rings (SSSR count). The van der Waals surface area contributed by atoms with E-state index in [0.29, 0.717) is 5.52 Å². The molecule has 74 valence electrons. The molecule has 0 aliphatic carbocycles. The highest BCUT2D eigenvalue weighted by Gasteiger charge is 2.14. The first-order valence-electron chi connectivity index (χ1n) is 3.78. The van der Waals surface area contributed by atoms with Gasteiger partial charge < -0.3 is 14.8 Å². The van der Waals surface area contributed by atoms with Crippen LogP contribution in [0.2, 0.25) is 0 Å². The molecule has 0 radical (unpaired) electrons. The molecule has 0 unspecified atom stereocenters. The molecule has 0 saturated carbocycles. The Kier molecular flexibility index (Phi) is 1.95. The maximum atomic E-state index is 12.0. The lowest BCUT2D eigenvalue weighted by molar-refractivity contribution is -0.0502. The zero-order chi connectivity index (χ0) is 10.1. The number of benzene rings is 1. The molecule has 0 spiro atoms. The summed E-state index contributed by atoms with van der Waals surface area (Å²) in [6.07, 6.45) is 1.34. The molecule has 0 bridgehead atoms. The molecule has 2 N–H and O–H groups in total. The van der Waals surface area contributed by atoms with Gasteiger partial charge in [0.15, 0.2) is 11.5 Å². The second kappa shape index (κ2) is 3.13. The Morgan fingerprint density at radius 3 is 2.93 bits per heavy atom.